The van der Waals surface area contributed by atoms with Gasteiger partial charge in [0, 0.05) is 20.6 Å². The van der Waals surface area contributed by atoms with Crippen molar-refractivity contribution in [2.24, 2.45) is 0 Å². The summed E-state index contributed by atoms with van der Waals surface area (Å²) >= 11 is 9.35. The van der Waals surface area contributed by atoms with Gasteiger partial charge in [-0.2, -0.15) is 0 Å². The Bertz CT molecular complexity index is 819. The highest BCUT2D eigenvalue weighted by Crippen LogP contribution is 2.40. The smallest absolute Gasteiger partial charge is 0.230 e. The number of nitrogens with two attached hydrogens (primary N) is 1. The molecule has 0 unspecified atom stereocenters. The van der Waals surface area contributed by atoms with Crippen molar-refractivity contribution in [3.63, 3.8) is 0 Å². The molecule has 3 nitrogen and oxygen atoms in total. The van der Waals surface area contributed by atoms with Gasteiger partial charge in [-0.1, -0.05) is 57.0 Å². The van der Waals surface area contributed by atoms with Gasteiger partial charge >= 0.3 is 0 Å². The SMILES string of the molecule is Nc1onc(-c2ccc(Cl)cc2Br)c1-c1ccccc1F. The molecule has 0 aliphatic carbocycles. The molecule has 0 saturated heterocycles. The van der Waals surface area contributed by atoms with Crippen molar-refractivity contribution in [2.75, 3.05) is 5.73 Å². The molecule has 1 heterocycles. The normalized spacial score (nSPS) is 10.8. The van der Waals surface area contributed by atoms with E-state index in [4.69, 9.17) is 21.9 Å². The third-order valence-electron chi connectivity index (χ3n) is 3.05. The first kappa shape index (κ1) is 14.1. The molecule has 3 aromatic rings. The number of hydrogen-bond donors (Lipinski definition) is 1. The van der Waals surface area contributed by atoms with Crippen LogP contribution in [-0.4, -0.2) is 5.16 Å². The van der Waals surface area contributed by atoms with Crippen molar-refractivity contribution in [2.45, 2.75) is 0 Å². The van der Waals surface area contributed by atoms with E-state index in [-0.39, 0.29) is 5.88 Å². The Hall–Kier alpha value is -1.85. The third kappa shape index (κ3) is 2.54. The van der Waals surface area contributed by atoms with Gasteiger partial charge in [0.2, 0.25) is 5.88 Å². The zero-order valence-corrected chi connectivity index (χ0v) is 13.0. The molecule has 0 saturated carbocycles. The summed E-state index contributed by atoms with van der Waals surface area (Å²) in [6, 6.07) is 11.6. The van der Waals surface area contributed by atoms with Crippen LogP contribution in [0.5, 0.6) is 0 Å². The second-order valence-electron chi connectivity index (χ2n) is 4.37. The van der Waals surface area contributed by atoms with Crippen LogP contribution < -0.4 is 5.73 Å². The zero-order chi connectivity index (χ0) is 15.0. The van der Waals surface area contributed by atoms with Crippen LogP contribution in [0, 0.1) is 5.82 Å². The number of benzene rings is 2. The van der Waals surface area contributed by atoms with E-state index < -0.39 is 5.82 Å². The van der Waals surface area contributed by atoms with Crippen molar-refractivity contribution in [3.05, 3.63) is 57.8 Å². The lowest BCUT2D eigenvalue weighted by Gasteiger charge is -2.06. The van der Waals surface area contributed by atoms with Gasteiger partial charge < -0.3 is 10.3 Å². The van der Waals surface area contributed by atoms with E-state index in [0.29, 0.717) is 21.8 Å². The maximum Gasteiger partial charge on any atom is 0.230 e. The number of anilines is 1. The summed E-state index contributed by atoms with van der Waals surface area (Å²) in [5, 5.41) is 4.53. The molecule has 0 radical (unpaired) electrons. The van der Waals surface area contributed by atoms with E-state index >= 15 is 0 Å². The van der Waals surface area contributed by atoms with Crippen LogP contribution in [0.25, 0.3) is 22.4 Å². The minimum Gasteiger partial charge on any atom is -0.367 e. The third-order valence-corrected chi connectivity index (χ3v) is 3.94. The Balaban J connectivity index is 2.25. The van der Waals surface area contributed by atoms with Crippen LogP contribution in [0.4, 0.5) is 10.3 Å². The van der Waals surface area contributed by atoms with Gasteiger partial charge in [0.25, 0.3) is 0 Å². The zero-order valence-electron chi connectivity index (χ0n) is 10.6. The Morgan fingerprint density at radius 1 is 1.14 bits per heavy atom. The Morgan fingerprint density at radius 3 is 2.62 bits per heavy atom. The van der Waals surface area contributed by atoms with E-state index in [9.17, 15) is 4.39 Å². The van der Waals surface area contributed by atoms with Gasteiger partial charge in [0.15, 0.2) is 0 Å². The van der Waals surface area contributed by atoms with Crippen LogP contribution >= 0.6 is 27.5 Å². The van der Waals surface area contributed by atoms with Crippen molar-refractivity contribution in [1.29, 1.82) is 0 Å². The fourth-order valence-electron chi connectivity index (χ4n) is 2.09. The molecule has 2 aromatic carbocycles. The molecule has 3 rings (SSSR count). The molecular formula is C15H9BrClFN2O. The van der Waals surface area contributed by atoms with Crippen molar-refractivity contribution in [3.8, 4) is 22.4 Å². The Labute approximate surface area is 133 Å². The first-order chi connectivity index (χ1) is 10.1. The molecule has 0 fully saturated rings. The van der Waals surface area contributed by atoms with Crippen LogP contribution in [0.3, 0.4) is 0 Å². The number of nitrogens with zero attached hydrogens (tertiary/aromatic N) is 1. The summed E-state index contributed by atoms with van der Waals surface area (Å²) in [7, 11) is 0. The lowest BCUT2D eigenvalue weighted by Crippen LogP contribution is -1.91. The van der Waals surface area contributed by atoms with Crippen molar-refractivity contribution >= 4 is 33.4 Å². The second-order valence-corrected chi connectivity index (χ2v) is 5.67. The van der Waals surface area contributed by atoms with Crippen LogP contribution in [0.1, 0.15) is 0 Å². The number of rotatable bonds is 2. The summed E-state index contributed by atoms with van der Waals surface area (Å²) in [4.78, 5) is 0. The molecule has 0 amide bonds. The molecule has 0 aliphatic heterocycles. The highest BCUT2D eigenvalue weighted by molar-refractivity contribution is 9.10. The first-order valence-corrected chi connectivity index (χ1v) is 7.20. The fourth-order valence-corrected chi connectivity index (χ4v) is 2.96. The largest absolute Gasteiger partial charge is 0.367 e. The van der Waals surface area contributed by atoms with Crippen molar-refractivity contribution < 1.29 is 8.91 Å². The van der Waals surface area contributed by atoms with E-state index in [1.807, 2.05) is 0 Å². The van der Waals surface area contributed by atoms with Crippen molar-refractivity contribution in [1.82, 2.24) is 5.16 Å². The Kier molecular flexibility index (Phi) is 3.69. The molecule has 0 spiro atoms. The molecule has 0 bridgehead atoms. The fraction of sp³-hybridized carbons (Fsp3) is 0. The van der Waals surface area contributed by atoms with E-state index in [2.05, 4.69) is 21.1 Å². The molecule has 2 N–H and O–H groups in total. The summed E-state index contributed by atoms with van der Waals surface area (Å²) in [6.45, 7) is 0. The van der Waals surface area contributed by atoms with E-state index in [1.54, 1.807) is 36.4 Å². The molecule has 6 heteroatoms. The van der Waals surface area contributed by atoms with Gasteiger partial charge in [-0.05, 0) is 18.2 Å². The highest BCUT2D eigenvalue weighted by atomic mass is 79.9. The maximum absolute atomic E-state index is 14.0. The van der Waals surface area contributed by atoms with Gasteiger partial charge in [-0.15, -0.1) is 0 Å². The maximum atomic E-state index is 14.0. The predicted octanol–water partition coefficient (Wildman–Crippen LogP) is 5.15. The molecule has 21 heavy (non-hydrogen) atoms. The standard InChI is InChI=1S/C15H9BrClFN2O/c16-11-7-8(17)5-6-9(11)14-13(15(19)21-20-14)10-3-1-2-4-12(10)18/h1-7H,19H2. The predicted molar refractivity (Wildman–Crippen MR) is 84.5 cm³/mol. The molecule has 0 atom stereocenters. The topological polar surface area (TPSA) is 52.0 Å². The molecule has 0 aliphatic rings. The van der Waals surface area contributed by atoms with Crippen LogP contribution in [0.2, 0.25) is 5.02 Å². The minimum atomic E-state index is -0.390. The van der Waals surface area contributed by atoms with Crippen LogP contribution in [0.15, 0.2) is 51.5 Å². The summed E-state index contributed by atoms with van der Waals surface area (Å²) in [5.41, 5.74) is 7.77. The number of nitrogen functional groups attached to an aromatic ring is 1. The van der Waals surface area contributed by atoms with Gasteiger partial charge in [0.1, 0.15) is 11.5 Å². The number of halogens is 3. The van der Waals surface area contributed by atoms with E-state index in [0.717, 1.165) is 10.0 Å². The van der Waals surface area contributed by atoms with Gasteiger partial charge in [-0.25, -0.2) is 4.39 Å². The average molecular weight is 368 g/mol. The molecule has 1 aromatic heterocycles. The first-order valence-electron chi connectivity index (χ1n) is 6.03. The molecule has 106 valence electrons. The van der Waals surface area contributed by atoms with Gasteiger partial charge in [-0.3, -0.25) is 0 Å². The summed E-state index contributed by atoms with van der Waals surface area (Å²) in [5.74, 6) is -0.323. The second kappa shape index (κ2) is 5.50. The van der Waals surface area contributed by atoms with E-state index in [1.165, 1.54) is 6.07 Å². The highest BCUT2D eigenvalue weighted by Gasteiger charge is 2.21. The summed E-state index contributed by atoms with van der Waals surface area (Å²) < 4.78 is 19.8. The monoisotopic (exact) mass is 366 g/mol. The minimum absolute atomic E-state index is 0.0666. The van der Waals surface area contributed by atoms with Crippen LogP contribution in [-0.2, 0) is 0 Å². The quantitative estimate of drug-likeness (QED) is 0.682. The molecular weight excluding hydrogens is 359 g/mol. The number of hydrogen-bond acceptors (Lipinski definition) is 3. The lowest BCUT2D eigenvalue weighted by atomic mass is 10.0. The van der Waals surface area contributed by atoms with Gasteiger partial charge in [0.05, 0.1) is 5.56 Å². The number of aromatic nitrogens is 1. The average Bonchev–Trinajstić information content (AvgIpc) is 2.81. The Morgan fingerprint density at radius 2 is 1.90 bits per heavy atom. The lowest BCUT2D eigenvalue weighted by molar-refractivity contribution is 0.439. The summed E-state index contributed by atoms with van der Waals surface area (Å²) in [6.07, 6.45) is 0.